The molecule has 1 aromatic rings. The molecule has 1 saturated heterocycles. The highest BCUT2D eigenvalue weighted by Gasteiger charge is 2.23. The number of primary amides is 1. The Labute approximate surface area is 118 Å². The Morgan fingerprint density at radius 2 is 2.16 bits per heavy atom. The number of methoxy groups -OCH3 is 1. The number of nitrogens with zero attached hydrogens (tertiary/aromatic N) is 1. The van der Waals surface area contributed by atoms with Gasteiger partial charge in [0.1, 0.15) is 5.75 Å². The smallest absolute Gasteiger partial charge is 0.220 e. The van der Waals surface area contributed by atoms with E-state index in [4.69, 9.17) is 22.1 Å². The van der Waals surface area contributed by atoms with Gasteiger partial charge in [-0.2, -0.15) is 0 Å². The van der Waals surface area contributed by atoms with Crippen molar-refractivity contribution in [1.29, 1.82) is 0 Å². The van der Waals surface area contributed by atoms with Gasteiger partial charge in [-0.15, -0.1) is 0 Å². The molecule has 1 aliphatic heterocycles. The van der Waals surface area contributed by atoms with Crippen LogP contribution in [0, 0.1) is 5.92 Å². The van der Waals surface area contributed by atoms with E-state index >= 15 is 0 Å². The zero-order chi connectivity index (χ0) is 13.8. The number of ether oxygens (including phenoxy) is 1. The van der Waals surface area contributed by atoms with Crippen molar-refractivity contribution in [1.82, 2.24) is 4.90 Å². The molecular weight excluding hydrogens is 264 g/mol. The summed E-state index contributed by atoms with van der Waals surface area (Å²) in [5.74, 6) is 0.693. The molecule has 0 spiro atoms. The van der Waals surface area contributed by atoms with Crippen molar-refractivity contribution >= 4 is 17.5 Å². The average molecular weight is 283 g/mol. The third-order valence-electron chi connectivity index (χ3n) is 3.63. The fraction of sp³-hybridized carbons (Fsp3) is 0.500. The van der Waals surface area contributed by atoms with Crippen LogP contribution in [0.2, 0.25) is 5.02 Å². The summed E-state index contributed by atoms with van der Waals surface area (Å²) in [6.45, 7) is 2.54. The van der Waals surface area contributed by atoms with Crippen LogP contribution in [0.25, 0.3) is 0 Å². The van der Waals surface area contributed by atoms with Gasteiger partial charge in [-0.1, -0.05) is 11.6 Å². The lowest BCUT2D eigenvalue weighted by Gasteiger charge is -2.30. The number of carbonyl (C=O) groups excluding carboxylic acids is 1. The Kier molecular flexibility index (Phi) is 4.66. The van der Waals surface area contributed by atoms with E-state index in [1.54, 1.807) is 7.11 Å². The number of benzene rings is 1. The van der Waals surface area contributed by atoms with Gasteiger partial charge >= 0.3 is 0 Å². The molecule has 1 aromatic carbocycles. The molecule has 0 unspecified atom stereocenters. The van der Waals surface area contributed by atoms with Crippen molar-refractivity contribution in [2.24, 2.45) is 11.7 Å². The van der Waals surface area contributed by atoms with Gasteiger partial charge in [-0.05, 0) is 44.1 Å². The molecule has 1 aliphatic rings. The molecule has 4 nitrogen and oxygen atoms in total. The first-order valence-electron chi connectivity index (χ1n) is 6.44. The summed E-state index contributed by atoms with van der Waals surface area (Å²) in [7, 11) is 1.66. The van der Waals surface area contributed by atoms with Gasteiger partial charge in [0.2, 0.25) is 5.91 Å². The summed E-state index contributed by atoms with van der Waals surface area (Å²) < 4.78 is 5.34. The topological polar surface area (TPSA) is 55.6 Å². The maximum absolute atomic E-state index is 11.1. The molecule has 0 aliphatic carbocycles. The Morgan fingerprint density at radius 3 is 2.74 bits per heavy atom. The second kappa shape index (κ2) is 6.26. The molecule has 5 heteroatoms. The van der Waals surface area contributed by atoms with Crippen LogP contribution >= 0.6 is 11.6 Å². The van der Waals surface area contributed by atoms with Crippen molar-refractivity contribution in [3.05, 3.63) is 28.8 Å². The van der Waals surface area contributed by atoms with Crippen LogP contribution in [-0.4, -0.2) is 31.0 Å². The Hall–Kier alpha value is -1.26. The molecule has 1 fully saturated rings. The standard InChI is InChI=1S/C14H19ClN2O2/c1-19-13-3-2-12(15)8-11(13)9-17-6-4-10(5-7-17)14(16)18/h2-3,8,10H,4-7,9H2,1H3,(H2,16,18). The minimum Gasteiger partial charge on any atom is -0.496 e. The van der Waals surface area contributed by atoms with Crippen LogP contribution in [-0.2, 0) is 11.3 Å². The highest BCUT2D eigenvalue weighted by molar-refractivity contribution is 6.30. The van der Waals surface area contributed by atoms with Crippen molar-refractivity contribution in [2.45, 2.75) is 19.4 Å². The van der Waals surface area contributed by atoms with Gasteiger partial charge in [-0.25, -0.2) is 0 Å². The Morgan fingerprint density at radius 1 is 1.47 bits per heavy atom. The van der Waals surface area contributed by atoms with Crippen molar-refractivity contribution < 1.29 is 9.53 Å². The van der Waals surface area contributed by atoms with Gasteiger partial charge in [0.05, 0.1) is 7.11 Å². The predicted octanol–water partition coefficient (Wildman–Crippen LogP) is 2.05. The van der Waals surface area contributed by atoms with Gasteiger partial charge in [-0.3, -0.25) is 9.69 Å². The highest BCUT2D eigenvalue weighted by atomic mass is 35.5. The van der Waals surface area contributed by atoms with E-state index in [9.17, 15) is 4.79 Å². The zero-order valence-corrected chi connectivity index (χ0v) is 11.8. The quantitative estimate of drug-likeness (QED) is 0.919. The maximum atomic E-state index is 11.1. The summed E-state index contributed by atoms with van der Waals surface area (Å²) in [6.07, 6.45) is 1.66. The summed E-state index contributed by atoms with van der Waals surface area (Å²) in [5, 5.41) is 0.711. The molecule has 0 atom stereocenters. The SMILES string of the molecule is COc1ccc(Cl)cc1CN1CCC(C(N)=O)CC1. The molecule has 0 saturated carbocycles. The van der Waals surface area contributed by atoms with Crippen molar-refractivity contribution in [3.8, 4) is 5.75 Å². The van der Waals surface area contributed by atoms with Crippen LogP contribution in [0.4, 0.5) is 0 Å². The van der Waals surface area contributed by atoms with Crippen LogP contribution in [0.5, 0.6) is 5.75 Å². The third-order valence-corrected chi connectivity index (χ3v) is 3.86. The lowest BCUT2D eigenvalue weighted by Crippen LogP contribution is -2.38. The molecule has 19 heavy (non-hydrogen) atoms. The van der Waals surface area contributed by atoms with Crippen molar-refractivity contribution in [3.63, 3.8) is 0 Å². The van der Waals surface area contributed by atoms with E-state index < -0.39 is 0 Å². The number of halogens is 1. The predicted molar refractivity (Wildman–Crippen MR) is 75.2 cm³/mol. The van der Waals surface area contributed by atoms with Crippen molar-refractivity contribution in [2.75, 3.05) is 20.2 Å². The minimum absolute atomic E-state index is 0.0255. The summed E-state index contributed by atoms with van der Waals surface area (Å²) in [6, 6.07) is 5.64. The van der Waals surface area contributed by atoms with Crippen LogP contribution < -0.4 is 10.5 Å². The summed E-state index contributed by atoms with van der Waals surface area (Å²) >= 11 is 6.02. The average Bonchev–Trinajstić information content (AvgIpc) is 2.39. The molecule has 2 rings (SSSR count). The molecule has 0 radical (unpaired) electrons. The van der Waals surface area contributed by atoms with Crippen LogP contribution in [0.3, 0.4) is 0 Å². The van der Waals surface area contributed by atoms with E-state index in [-0.39, 0.29) is 11.8 Å². The first kappa shape index (κ1) is 14.2. The number of amides is 1. The van der Waals surface area contributed by atoms with Gasteiger partial charge in [0.25, 0.3) is 0 Å². The fourth-order valence-electron chi connectivity index (χ4n) is 2.49. The van der Waals surface area contributed by atoms with Gasteiger partial charge in [0, 0.05) is 23.0 Å². The molecule has 2 N–H and O–H groups in total. The highest BCUT2D eigenvalue weighted by Crippen LogP contribution is 2.26. The molecule has 104 valence electrons. The Balaban J connectivity index is 1.99. The molecule has 0 aromatic heterocycles. The number of piperidine rings is 1. The zero-order valence-electron chi connectivity index (χ0n) is 11.1. The third kappa shape index (κ3) is 3.61. The van der Waals surface area contributed by atoms with E-state index in [1.165, 1.54) is 0 Å². The second-order valence-electron chi connectivity index (χ2n) is 4.91. The minimum atomic E-state index is -0.181. The lowest BCUT2D eigenvalue weighted by atomic mass is 9.96. The number of likely N-dealkylation sites (tertiary alicyclic amines) is 1. The van der Waals surface area contributed by atoms with E-state index in [0.717, 1.165) is 43.8 Å². The number of nitrogens with two attached hydrogens (primary N) is 1. The van der Waals surface area contributed by atoms with Gasteiger partial charge in [0.15, 0.2) is 0 Å². The first-order valence-corrected chi connectivity index (χ1v) is 6.82. The summed E-state index contributed by atoms with van der Waals surface area (Å²) in [5.41, 5.74) is 6.41. The second-order valence-corrected chi connectivity index (χ2v) is 5.35. The molecule has 1 heterocycles. The maximum Gasteiger partial charge on any atom is 0.220 e. The normalized spacial score (nSPS) is 17.4. The van der Waals surface area contributed by atoms with E-state index in [0.29, 0.717) is 5.02 Å². The van der Waals surface area contributed by atoms with E-state index in [2.05, 4.69) is 4.90 Å². The number of hydrogen-bond donors (Lipinski definition) is 1. The molecule has 1 amide bonds. The molecule has 0 bridgehead atoms. The number of hydrogen-bond acceptors (Lipinski definition) is 3. The van der Waals surface area contributed by atoms with Crippen LogP contribution in [0.1, 0.15) is 18.4 Å². The summed E-state index contributed by atoms with van der Waals surface area (Å²) in [4.78, 5) is 13.4. The largest absolute Gasteiger partial charge is 0.496 e. The van der Waals surface area contributed by atoms with E-state index in [1.807, 2.05) is 18.2 Å². The number of rotatable bonds is 4. The lowest BCUT2D eigenvalue weighted by molar-refractivity contribution is -0.123. The molecular formula is C14H19ClN2O2. The monoisotopic (exact) mass is 282 g/mol. The number of carbonyl (C=O) groups is 1. The van der Waals surface area contributed by atoms with Crippen LogP contribution in [0.15, 0.2) is 18.2 Å². The fourth-order valence-corrected chi connectivity index (χ4v) is 2.68. The Bertz CT molecular complexity index is 457. The first-order chi connectivity index (χ1) is 9.10. The van der Waals surface area contributed by atoms with Gasteiger partial charge < -0.3 is 10.5 Å².